The second-order valence-corrected chi connectivity index (χ2v) is 9.64. The molecule has 0 N–H and O–H groups in total. The van der Waals surface area contributed by atoms with Crippen molar-refractivity contribution >= 4 is 17.3 Å². The van der Waals surface area contributed by atoms with Gasteiger partial charge in [0.15, 0.2) is 5.76 Å². The fraction of sp³-hybridized carbons (Fsp3) is 0.161. The maximum Gasteiger partial charge on any atom is 0.277 e. The zero-order valence-electron chi connectivity index (χ0n) is 22.3. The number of nitro groups is 1. The van der Waals surface area contributed by atoms with Crippen molar-refractivity contribution in [3.05, 3.63) is 140 Å². The molecule has 10 heteroatoms. The standard InChI is InChI=1S/C28H18ClF2N3O4.C3H8/c29-20-5-10-24(34(36)37)23(15-20)19-11-12-33(27(35)14-19)25(13-17-1-6-21(30)7-2-17)28-32-16-26(38-28)18-3-8-22(31)9-4-18;1-3-2/h1-12,14-16,25H,13H2;3H2,1-2H3. The number of rotatable bonds is 7. The summed E-state index contributed by atoms with van der Waals surface area (Å²) in [5.41, 5.74) is 1.19. The molecule has 5 aromatic rings. The van der Waals surface area contributed by atoms with Crippen molar-refractivity contribution in [2.45, 2.75) is 32.7 Å². The third-order valence-electron chi connectivity index (χ3n) is 6.03. The fourth-order valence-electron chi connectivity index (χ4n) is 4.15. The maximum absolute atomic E-state index is 13.5. The fourth-order valence-corrected chi connectivity index (χ4v) is 4.32. The molecule has 1 unspecified atom stereocenters. The number of hydrogen-bond acceptors (Lipinski definition) is 5. The summed E-state index contributed by atoms with van der Waals surface area (Å²) in [6.07, 6.45) is 4.47. The van der Waals surface area contributed by atoms with Crippen LogP contribution < -0.4 is 5.56 Å². The van der Waals surface area contributed by atoms with E-state index in [0.717, 1.165) is 5.56 Å². The molecule has 0 aliphatic heterocycles. The van der Waals surface area contributed by atoms with Crippen LogP contribution in [0.2, 0.25) is 5.02 Å². The Morgan fingerprint density at radius 3 is 2.20 bits per heavy atom. The molecule has 2 heterocycles. The maximum atomic E-state index is 13.5. The van der Waals surface area contributed by atoms with Crippen molar-refractivity contribution in [1.82, 2.24) is 9.55 Å². The highest BCUT2D eigenvalue weighted by Gasteiger charge is 2.23. The predicted octanol–water partition coefficient (Wildman–Crippen LogP) is 8.26. The smallest absolute Gasteiger partial charge is 0.277 e. The largest absolute Gasteiger partial charge is 0.438 e. The Morgan fingerprint density at radius 1 is 0.951 bits per heavy atom. The van der Waals surface area contributed by atoms with Gasteiger partial charge in [-0.1, -0.05) is 44.0 Å². The van der Waals surface area contributed by atoms with E-state index in [2.05, 4.69) is 18.8 Å². The van der Waals surface area contributed by atoms with Crippen molar-refractivity contribution < 1.29 is 18.1 Å². The molecule has 1 atom stereocenters. The quantitative estimate of drug-likeness (QED) is 0.143. The molecule has 0 radical (unpaired) electrons. The molecular formula is C31H26ClF2N3O4. The van der Waals surface area contributed by atoms with Crippen LogP contribution in [0.15, 0.2) is 100 Å². The molecule has 41 heavy (non-hydrogen) atoms. The van der Waals surface area contributed by atoms with E-state index < -0.39 is 28.2 Å². The van der Waals surface area contributed by atoms with Crippen LogP contribution >= 0.6 is 11.6 Å². The highest BCUT2D eigenvalue weighted by atomic mass is 35.5. The number of halogens is 3. The highest BCUT2D eigenvalue weighted by molar-refractivity contribution is 6.31. The predicted molar refractivity (Wildman–Crippen MR) is 154 cm³/mol. The molecule has 0 saturated carbocycles. The van der Waals surface area contributed by atoms with E-state index in [1.165, 1.54) is 71.9 Å². The highest BCUT2D eigenvalue weighted by Crippen LogP contribution is 2.33. The van der Waals surface area contributed by atoms with Gasteiger partial charge in [0, 0.05) is 35.3 Å². The Morgan fingerprint density at radius 2 is 1.59 bits per heavy atom. The lowest BCUT2D eigenvalue weighted by Gasteiger charge is -2.18. The van der Waals surface area contributed by atoms with Crippen molar-refractivity contribution in [2.75, 3.05) is 0 Å². The molecular weight excluding hydrogens is 552 g/mol. The summed E-state index contributed by atoms with van der Waals surface area (Å²) in [4.78, 5) is 28.7. The number of nitrogens with zero attached hydrogens (tertiary/aromatic N) is 3. The lowest BCUT2D eigenvalue weighted by atomic mass is 10.0. The second-order valence-electron chi connectivity index (χ2n) is 9.20. The van der Waals surface area contributed by atoms with Crippen molar-refractivity contribution in [3.8, 4) is 22.5 Å². The van der Waals surface area contributed by atoms with Crippen molar-refractivity contribution in [2.24, 2.45) is 0 Å². The summed E-state index contributed by atoms with van der Waals surface area (Å²) >= 11 is 6.06. The van der Waals surface area contributed by atoms with Crippen LogP contribution in [0.25, 0.3) is 22.5 Å². The Bertz CT molecular complexity index is 1700. The minimum atomic E-state index is -0.731. The van der Waals surface area contributed by atoms with Gasteiger partial charge in [-0.25, -0.2) is 13.8 Å². The second kappa shape index (κ2) is 13.1. The number of benzene rings is 3. The lowest BCUT2D eigenvalue weighted by molar-refractivity contribution is -0.384. The Hall–Kier alpha value is -4.63. The molecule has 0 bridgehead atoms. The zero-order valence-corrected chi connectivity index (χ0v) is 23.0. The van der Waals surface area contributed by atoms with Gasteiger partial charge >= 0.3 is 0 Å². The van der Waals surface area contributed by atoms with Crippen LogP contribution in [0.3, 0.4) is 0 Å². The first-order valence-corrected chi connectivity index (χ1v) is 13.2. The average molecular weight is 578 g/mol. The van der Waals surface area contributed by atoms with Gasteiger partial charge < -0.3 is 8.98 Å². The van der Waals surface area contributed by atoms with Crippen molar-refractivity contribution in [1.29, 1.82) is 0 Å². The van der Waals surface area contributed by atoms with Gasteiger partial charge in [-0.3, -0.25) is 14.9 Å². The van der Waals surface area contributed by atoms with Gasteiger partial charge in [0.05, 0.1) is 16.7 Å². The van der Waals surface area contributed by atoms with E-state index in [-0.39, 0.29) is 28.6 Å². The van der Waals surface area contributed by atoms with Gasteiger partial charge in [0.1, 0.15) is 17.7 Å². The normalized spacial score (nSPS) is 11.4. The van der Waals surface area contributed by atoms with Gasteiger partial charge in [-0.05, 0) is 65.7 Å². The number of hydrogen-bond donors (Lipinski definition) is 0. The number of nitro benzene ring substituents is 1. The number of oxazole rings is 1. The van der Waals surface area contributed by atoms with E-state index >= 15 is 0 Å². The summed E-state index contributed by atoms with van der Waals surface area (Å²) in [5.74, 6) is -0.209. The Labute approximate surface area is 239 Å². The summed E-state index contributed by atoms with van der Waals surface area (Å²) in [7, 11) is 0. The zero-order chi connectivity index (χ0) is 29.5. The summed E-state index contributed by atoms with van der Waals surface area (Å²) in [5, 5.41) is 11.8. The molecule has 0 amide bonds. The summed E-state index contributed by atoms with van der Waals surface area (Å²) < 4.78 is 34.2. The monoisotopic (exact) mass is 577 g/mol. The van der Waals surface area contributed by atoms with Crippen LogP contribution in [-0.2, 0) is 6.42 Å². The van der Waals surface area contributed by atoms with Crippen LogP contribution in [0.1, 0.15) is 37.8 Å². The molecule has 5 rings (SSSR count). The summed E-state index contributed by atoms with van der Waals surface area (Å²) in [6, 6.07) is 17.8. The van der Waals surface area contributed by atoms with Gasteiger partial charge in [0.25, 0.3) is 11.2 Å². The first kappa shape index (κ1) is 29.4. The third-order valence-corrected chi connectivity index (χ3v) is 6.27. The van der Waals surface area contributed by atoms with Crippen LogP contribution in [0.5, 0.6) is 0 Å². The van der Waals surface area contributed by atoms with E-state index in [1.807, 2.05) is 0 Å². The average Bonchev–Trinajstić information content (AvgIpc) is 3.44. The number of pyridine rings is 1. The van der Waals surface area contributed by atoms with Crippen LogP contribution in [-0.4, -0.2) is 14.5 Å². The van der Waals surface area contributed by atoms with Gasteiger partial charge in [-0.2, -0.15) is 0 Å². The van der Waals surface area contributed by atoms with Crippen molar-refractivity contribution in [3.63, 3.8) is 0 Å². The van der Waals surface area contributed by atoms with E-state index in [0.29, 0.717) is 16.9 Å². The lowest BCUT2D eigenvalue weighted by Crippen LogP contribution is -2.26. The van der Waals surface area contributed by atoms with Crippen LogP contribution in [0, 0.1) is 21.7 Å². The molecule has 210 valence electrons. The SMILES string of the molecule is CCC.O=c1cc(-c2cc(Cl)ccc2[N+](=O)[O-])ccn1C(Cc1ccc(F)cc1)c1ncc(-c2ccc(F)cc2)o1. The van der Waals surface area contributed by atoms with Gasteiger partial charge in [-0.15, -0.1) is 0 Å². The first-order valence-electron chi connectivity index (χ1n) is 12.8. The molecule has 0 saturated heterocycles. The van der Waals surface area contributed by atoms with E-state index in [9.17, 15) is 23.7 Å². The van der Waals surface area contributed by atoms with E-state index in [4.69, 9.17) is 16.0 Å². The number of aromatic nitrogens is 2. The molecule has 0 spiro atoms. The minimum absolute atomic E-state index is 0.189. The Balaban J connectivity index is 0.00000124. The molecule has 2 aromatic heterocycles. The molecule has 0 aliphatic rings. The molecule has 0 fully saturated rings. The molecule has 3 aromatic carbocycles. The molecule has 0 aliphatic carbocycles. The molecule has 7 nitrogen and oxygen atoms in total. The topological polar surface area (TPSA) is 91.2 Å². The van der Waals surface area contributed by atoms with Gasteiger partial charge in [0.2, 0.25) is 5.89 Å². The third kappa shape index (κ3) is 7.12. The Kier molecular flexibility index (Phi) is 9.41. The van der Waals surface area contributed by atoms with Crippen LogP contribution in [0.4, 0.5) is 14.5 Å². The summed E-state index contributed by atoms with van der Waals surface area (Å²) in [6.45, 7) is 4.25. The first-order chi connectivity index (χ1) is 19.7. The minimum Gasteiger partial charge on any atom is -0.438 e. The van der Waals surface area contributed by atoms with E-state index in [1.54, 1.807) is 30.3 Å².